The highest BCUT2D eigenvalue weighted by atomic mass is 16.7. The SMILES string of the molecule is CCC1NC(c2ccc3c(c2)CC[C@H]3NC(=O)C2CCC(C)N(C)C2)NO1. The van der Waals surface area contributed by atoms with Crippen molar-refractivity contribution >= 4 is 5.91 Å². The first kappa shape index (κ1) is 18.9. The first-order valence-electron chi connectivity index (χ1n) is 10.4. The van der Waals surface area contributed by atoms with E-state index in [1.54, 1.807) is 0 Å². The molecule has 0 saturated carbocycles. The Bertz CT molecular complexity index is 695. The molecule has 5 atom stereocenters. The number of hydroxylamine groups is 1. The molecule has 2 aliphatic heterocycles. The molecule has 1 amide bonds. The molecule has 3 N–H and O–H groups in total. The summed E-state index contributed by atoms with van der Waals surface area (Å²) < 4.78 is 0. The average Bonchev–Trinajstić information content (AvgIpc) is 3.30. The van der Waals surface area contributed by atoms with Gasteiger partial charge in [0.05, 0.1) is 12.0 Å². The van der Waals surface area contributed by atoms with Gasteiger partial charge in [-0.1, -0.05) is 25.1 Å². The van der Waals surface area contributed by atoms with Crippen LogP contribution < -0.4 is 16.1 Å². The second-order valence-electron chi connectivity index (χ2n) is 8.35. The minimum Gasteiger partial charge on any atom is -0.349 e. The van der Waals surface area contributed by atoms with Crippen LogP contribution in [0.25, 0.3) is 0 Å². The number of aryl methyl sites for hydroxylation is 1. The van der Waals surface area contributed by atoms with Crippen molar-refractivity contribution in [2.24, 2.45) is 5.92 Å². The number of amides is 1. The number of carbonyl (C=O) groups is 1. The van der Waals surface area contributed by atoms with Gasteiger partial charge in [-0.25, -0.2) is 0 Å². The molecule has 0 aromatic heterocycles. The minimum atomic E-state index is 0.0358. The van der Waals surface area contributed by atoms with Crippen LogP contribution in [-0.4, -0.2) is 36.7 Å². The number of benzene rings is 1. The molecule has 1 aromatic carbocycles. The van der Waals surface area contributed by atoms with Crippen molar-refractivity contribution in [3.05, 3.63) is 34.9 Å². The molecule has 0 bridgehead atoms. The van der Waals surface area contributed by atoms with Crippen molar-refractivity contribution in [1.29, 1.82) is 0 Å². The van der Waals surface area contributed by atoms with E-state index in [-0.39, 0.29) is 30.3 Å². The van der Waals surface area contributed by atoms with Crippen molar-refractivity contribution in [2.45, 2.75) is 70.4 Å². The van der Waals surface area contributed by atoms with Crippen LogP contribution in [0.15, 0.2) is 18.2 Å². The van der Waals surface area contributed by atoms with Crippen LogP contribution in [0.5, 0.6) is 0 Å². The number of piperidine rings is 1. The number of fused-ring (bicyclic) bond motifs is 1. The summed E-state index contributed by atoms with van der Waals surface area (Å²) >= 11 is 0. The summed E-state index contributed by atoms with van der Waals surface area (Å²) in [7, 11) is 2.12. The Labute approximate surface area is 162 Å². The maximum atomic E-state index is 12.8. The number of likely N-dealkylation sites (tertiary alicyclic amines) is 1. The maximum Gasteiger partial charge on any atom is 0.224 e. The van der Waals surface area contributed by atoms with E-state index in [0.29, 0.717) is 6.04 Å². The molecule has 6 nitrogen and oxygen atoms in total. The van der Waals surface area contributed by atoms with Gasteiger partial charge in [0.2, 0.25) is 5.91 Å². The lowest BCUT2D eigenvalue weighted by Crippen LogP contribution is -2.45. The predicted molar refractivity (Wildman–Crippen MR) is 105 cm³/mol. The number of carbonyl (C=O) groups excluding carboxylic acids is 1. The molecule has 4 unspecified atom stereocenters. The van der Waals surface area contributed by atoms with Gasteiger partial charge in [0, 0.05) is 12.6 Å². The zero-order chi connectivity index (χ0) is 19.0. The lowest BCUT2D eigenvalue weighted by molar-refractivity contribution is -0.127. The van der Waals surface area contributed by atoms with Crippen LogP contribution in [0.3, 0.4) is 0 Å². The summed E-state index contributed by atoms with van der Waals surface area (Å²) in [6.07, 6.45) is 5.12. The van der Waals surface area contributed by atoms with E-state index in [0.717, 1.165) is 38.6 Å². The van der Waals surface area contributed by atoms with Crippen molar-refractivity contribution in [3.63, 3.8) is 0 Å². The van der Waals surface area contributed by atoms with E-state index in [1.165, 1.54) is 16.7 Å². The highest BCUT2D eigenvalue weighted by molar-refractivity contribution is 5.79. The van der Waals surface area contributed by atoms with Gasteiger partial charge in [-0.2, -0.15) is 5.48 Å². The Morgan fingerprint density at radius 1 is 1.33 bits per heavy atom. The Hall–Kier alpha value is -1.47. The van der Waals surface area contributed by atoms with Gasteiger partial charge in [-0.3, -0.25) is 14.9 Å². The molecule has 2 saturated heterocycles. The number of rotatable bonds is 4. The molecular weight excluding hydrogens is 340 g/mol. The van der Waals surface area contributed by atoms with Crippen LogP contribution in [-0.2, 0) is 16.1 Å². The number of hydrogen-bond acceptors (Lipinski definition) is 5. The molecule has 2 fully saturated rings. The van der Waals surface area contributed by atoms with Crippen molar-refractivity contribution in [1.82, 2.24) is 21.0 Å². The van der Waals surface area contributed by atoms with Gasteiger partial charge in [0.25, 0.3) is 0 Å². The van der Waals surface area contributed by atoms with E-state index in [9.17, 15) is 4.79 Å². The van der Waals surface area contributed by atoms with Gasteiger partial charge >= 0.3 is 0 Å². The Morgan fingerprint density at radius 3 is 2.93 bits per heavy atom. The smallest absolute Gasteiger partial charge is 0.224 e. The zero-order valence-corrected chi connectivity index (χ0v) is 16.6. The van der Waals surface area contributed by atoms with Crippen LogP contribution in [0.1, 0.15) is 68.4 Å². The number of nitrogens with one attached hydrogen (secondary N) is 3. The largest absolute Gasteiger partial charge is 0.349 e. The van der Waals surface area contributed by atoms with Crippen LogP contribution in [0, 0.1) is 5.92 Å². The van der Waals surface area contributed by atoms with E-state index < -0.39 is 0 Å². The fraction of sp³-hybridized carbons (Fsp3) is 0.667. The third-order valence-electron chi connectivity index (χ3n) is 6.51. The van der Waals surface area contributed by atoms with Gasteiger partial charge in [-0.15, -0.1) is 0 Å². The third-order valence-corrected chi connectivity index (χ3v) is 6.51. The average molecular weight is 373 g/mol. The zero-order valence-electron chi connectivity index (χ0n) is 16.6. The lowest BCUT2D eigenvalue weighted by atomic mass is 9.93. The fourth-order valence-corrected chi connectivity index (χ4v) is 4.52. The minimum absolute atomic E-state index is 0.0358. The van der Waals surface area contributed by atoms with Crippen LogP contribution in [0.4, 0.5) is 0 Å². The van der Waals surface area contributed by atoms with Crippen molar-refractivity contribution in [3.8, 4) is 0 Å². The molecule has 0 spiro atoms. The molecule has 4 rings (SSSR count). The highest BCUT2D eigenvalue weighted by Crippen LogP contribution is 2.34. The second-order valence-corrected chi connectivity index (χ2v) is 8.35. The Balaban J connectivity index is 1.39. The summed E-state index contributed by atoms with van der Waals surface area (Å²) in [4.78, 5) is 20.6. The van der Waals surface area contributed by atoms with E-state index in [1.807, 2.05) is 0 Å². The molecule has 1 aliphatic carbocycles. The normalized spacial score (nSPS) is 33.8. The Kier molecular flexibility index (Phi) is 5.50. The van der Waals surface area contributed by atoms with Crippen LogP contribution >= 0.6 is 0 Å². The number of hydrogen-bond donors (Lipinski definition) is 3. The highest BCUT2D eigenvalue weighted by Gasteiger charge is 2.32. The monoisotopic (exact) mass is 372 g/mol. The molecule has 148 valence electrons. The molecule has 1 aromatic rings. The summed E-state index contributed by atoms with van der Waals surface area (Å²) in [6.45, 7) is 5.20. The lowest BCUT2D eigenvalue weighted by Gasteiger charge is -2.35. The summed E-state index contributed by atoms with van der Waals surface area (Å²) in [5.41, 5.74) is 6.88. The summed E-state index contributed by atoms with van der Waals surface area (Å²) in [5, 5.41) is 6.76. The summed E-state index contributed by atoms with van der Waals surface area (Å²) in [5.74, 6) is 0.332. The standard InChI is InChI=1S/C21H32N4O2/c1-4-19-23-20(24-27-19)15-7-9-17-14(11-15)8-10-18(17)22-21(26)16-6-5-13(2)25(3)12-16/h7,9,11,13,16,18-20,23-24H,4-6,8,10,12H2,1-3H3,(H,22,26)/t13?,16?,18-,19?,20?/m1/s1. The second kappa shape index (κ2) is 7.87. The molecule has 3 aliphatic rings. The molecule has 6 heteroatoms. The molecular formula is C21H32N4O2. The third kappa shape index (κ3) is 3.90. The quantitative estimate of drug-likeness (QED) is 0.757. The van der Waals surface area contributed by atoms with Crippen LogP contribution in [0.2, 0.25) is 0 Å². The van der Waals surface area contributed by atoms with Gasteiger partial charge in [-0.05, 0) is 62.8 Å². The maximum absolute atomic E-state index is 12.8. The first-order chi connectivity index (χ1) is 13.0. The van der Waals surface area contributed by atoms with Gasteiger partial charge in [0.1, 0.15) is 12.4 Å². The Morgan fingerprint density at radius 2 is 2.19 bits per heavy atom. The topological polar surface area (TPSA) is 65.6 Å². The molecule has 27 heavy (non-hydrogen) atoms. The molecule has 0 radical (unpaired) electrons. The van der Waals surface area contributed by atoms with E-state index in [2.05, 4.69) is 60.1 Å². The van der Waals surface area contributed by atoms with E-state index >= 15 is 0 Å². The predicted octanol–water partition coefficient (Wildman–Crippen LogP) is 2.38. The van der Waals surface area contributed by atoms with Gasteiger partial charge < -0.3 is 10.2 Å². The number of nitrogens with zero attached hydrogens (tertiary/aromatic N) is 1. The van der Waals surface area contributed by atoms with Crippen molar-refractivity contribution in [2.75, 3.05) is 13.6 Å². The molecule has 2 heterocycles. The first-order valence-corrected chi connectivity index (χ1v) is 10.4. The summed E-state index contributed by atoms with van der Waals surface area (Å²) in [6, 6.07) is 7.30. The van der Waals surface area contributed by atoms with Gasteiger partial charge in [0.15, 0.2) is 0 Å². The van der Waals surface area contributed by atoms with Crippen molar-refractivity contribution < 1.29 is 9.63 Å². The van der Waals surface area contributed by atoms with E-state index in [4.69, 9.17) is 4.84 Å². The fourth-order valence-electron chi connectivity index (χ4n) is 4.52.